The van der Waals surface area contributed by atoms with Crippen LogP contribution >= 0.6 is 15.9 Å². The number of carbonyl (C=O) groups is 2. The summed E-state index contributed by atoms with van der Waals surface area (Å²) < 4.78 is 27.8. The molecule has 3 aromatic rings. The fourth-order valence-corrected chi connectivity index (χ4v) is 5.37. The predicted octanol–water partition coefficient (Wildman–Crippen LogP) is 4.94. The Morgan fingerprint density at radius 3 is 2.10 bits per heavy atom. The molecule has 7 nitrogen and oxygen atoms in total. The number of anilines is 1. The lowest BCUT2D eigenvalue weighted by Gasteiger charge is -2.34. The molecule has 2 amide bonds. The number of sulfonamides is 1. The number of nitrogens with one attached hydrogen (secondary N) is 1. The normalized spacial score (nSPS) is 12.2. The second kappa shape index (κ2) is 13.8. The summed E-state index contributed by atoms with van der Waals surface area (Å²) in [5, 5.41) is 2.98. The van der Waals surface area contributed by atoms with E-state index in [1.807, 2.05) is 74.5 Å². The van der Waals surface area contributed by atoms with Crippen molar-refractivity contribution in [3.63, 3.8) is 0 Å². The molecule has 0 fully saturated rings. The van der Waals surface area contributed by atoms with Gasteiger partial charge in [-0.25, -0.2) is 8.42 Å². The fourth-order valence-electron chi connectivity index (χ4n) is 4.20. The minimum absolute atomic E-state index is 0.143. The quantitative estimate of drug-likeness (QED) is 0.314. The SMILES string of the molecule is Cc1ccccc1N(CC(=O)N(Cc1ccc(Br)cc1)[C@@H](Cc1ccccc1)C(=O)NCC(C)C)S(C)(=O)=O. The highest BCUT2D eigenvalue weighted by atomic mass is 79.9. The predicted molar refractivity (Wildman–Crippen MR) is 160 cm³/mol. The van der Waals surface area contributed by atoms with Crippen LogP contribution in [0.1, 0.15) is 30.5 Å². The maximum atomic E-state index is 14.1. The number of carbonyl (C=O) groups excluding carboxylic acids is 2. The Kier molecular flexibility index (Phi) is 10.7. The molecule has 0 aliphatic carbocycles. The van der Waals surface area contributed by atoms with Crippen molar-refractivity contribution in [3.8, 4) is 0 Å². The molecule has 0 saturated carbocycles. The molecule has 0 aromatic heterocycles. The largest absolute Gasteiger partial charge is 0.354 e. The first-order valence-electron chi connectivity index (χ1n) is 12.8. The number of halogens is 1. The zero-order valence-corrected chi connectivity index (χ0v) is 25.2. The molecule has 0 saturated heterocycles. The van der Waals surface area contributed by atoms with Gasteiger partial charge in [0, 0.05) is 24.0 Å². The van der Waals surface area contributed by atoms with Crippen molar-refractivity contribution in [2.24, 2.45) is 5.92 Å². The number of para-hydroxylation sites is 1. The molecular formula is C30H36BrN3O4S. The van der Waals surface area contributed by atoms with Gasteiger partial charge in [-0.15, -0.1) is 0 Å². The third-order valence-corrected chi connectivity index (χ3v) is 7.94. The van der Waals surface area contributed by atoms with Crippen LogP contribution in [0.25, 0.3) is 0 Å². The molecule has 0 bridgehead atoms. The van der Waals surface area contributed by atoms with Gasteiger partial charge >= 0.3 is 0 Å². The summed E-state index contributed by atoms with van der Waals surface area (Å²) in [6.07, 6.45) is 1.37. The van der Waals surface area contributed by atoms with Crippen LogP contribution in [0.3, 0.4) is 0 Å². The van der Waals surface area contributed by atoms with Gasteiger partial charge in [-0.1, -0.05) is 90.4 Å². The Labute approximate surface area is 240 Å². The lowest BCUT2D eigenvalue weighted by molar-refractivity contribution is -0.140. The molecule has 0 radical (unpaired) electrons. The Balaban J connectivity index is 2.05. The summed E-state index contributed by atoms with van der Waals surface area (Å²) in [6.45, 7) is 5.98. The molecule has 1 N–H and O–H groups in total. The van der Waals surface area contributed by atoms with Crippen LogP contribution in [-0.2, 0) is 32.6 Å². The van der Waals surface area contributed by atoms with Crippen molar-refractivity contribution in [2.75, 3.05) is 23.7 Å². The Morgan fingerprint density at radius 2 is 1.51 bits per heavy atom. The fraction of sp³-hybridized carbons (Fsp3) is 0.333. The number of benzene rings is 3. The summed E-state index contributed by atoms with van der Waals surface area (Å²) in [7, 11) is -3.79. The summed E-state index contributed by atoms with van der Waals surface area (Å²) in [6, 6.07) is 23.2. The molecule has 1 atom stereocenters. The standard InChI is InChI=1S/C30H36BrN3O4S/c1-22(2)19-32-30(36)28(18-24-11-6-5-7-12-24)33(20-25-14-16-26(31)17-15-25)29(35)21-34(39(4,37)38)27-13-9-8-10-23(27)3/h5-17,22,28H,18-21H2,1-4H3,(H,32,36)/t28-/m0/s1. The number of hydrogen-bond acceptors (Lipinski definition) is 4. The lowest BCUT2D eigenvalue weighted by Crippen LogP contribution is -2.53. The van der Waals surface area contributed by atoms with E-state index in [0.717, 1.165) is 31.7 Å². The molecule has 3 rings (SSSR count). The molecule has 0 unspecified atom stereocenters. The minimum Gasteiger partial charge on any atom is -0.354 e. The molecule has 0 aliphatic rings. The number of aryl methyl sites for hydroxylation is 1. The van der Waals surface area contributed by atoms with E-state index in [1.165, 1.54) is 4.90 Å². The van der Waals surface area contributed by atoms with Crippen LogP contribution in [0.4, 0.5) is 5.69 Å². The van der Waals surface area contributed by atoms with Crippen LogP contribution in [0.15, 0.2) is 83.3 Å². The van der Waals surface area contributed by atoms with E-state index in [1.54, 1.807) is 25.1 Å². The molecule has 39 heavy (non-hydrogen) atoms. The van der Waals surface area contributed by atoms with Crippen molar-refractivity contribution in [3.05, 3.63) is 100 Å². The van der Waals surface area contributed by atoms with Gasteiger partial charge in [0.25, 0.3) is 0 Å². The smallest absolute Gasteiger partial charge is 0.244 e. The maximum absolute atomic E-state index is 14.1. The zero-order chi connectivity index (χ0) is 28.6. The molecule has 3 aromatic carbocycles. The molecule has 9 heteroatoms. The number of rotatable bonds is 12. The summed E-state index contributed by atoms with van der Waals surface area (Å²) >= 11 is 3.44. The summed E-state index contributed by atoms with van der Waals surface area (Å²) in [4.78, 5) is 29.2. The zero-order valence-electron chi connectivity index (χ0n) is 22.8. The van der Waals surface area contributed by atoms with Gasteiger partial charge in [-0.3, -0.25) is 13.9 Å². The van der Waals surface area contributed by atoms with Crippen molar-refractivity contribution in [1.29, 1.82) is 0 Å². The number of hydrogen-bond donors (Lipinski definition) is 1. The van der Waals surface area contributed by atoms with E-state index in [9.17, 15) is 18.0 Å². The lowest BCUT2D eigenvalue weighted by atomic mass is 10.0. The highest BCUT2D eigenvalue weighted by Gasteiger charge is 2.33. The molecule has 0 heterocycles. The van der Waals surface area contributed by atoms with E-state index >= 15 is 0 Å². The summed E-state index contributed by atoms with van der Waals surface area (Å²) in [5.74, 6) is -0.518. The van der Waals surface area contributed by atoms with Crippen LogP contribution in [0.5, 0.6) is 0 Å². The molecular weight excluding hydrogens is 578 g/mol. The van der Waals surface area contributed by atoms with Crippen LogP contribution in [0, 0.1) is 12.8 Å². The van der Waals surface area contributed by atoms with Crippen LogP contribution in [0.2, 0.25) is 0 Å². The average Bonchev–Trinajstić information content (AvgIpc) is 2.89. The third kappa shape index (κ3) is 8.93. The van der Waals surface area contributed by atoms with Gasteiger partial charge in [0.15, 0.2) is 0 Å². The average molecular weight is 615 g/mol. The molecule has 208 valence electrons. The van der Waals surface area contributed by atoms with Gasteiger partial charge in [0.05, 0.1) is 11.9 Å². The maximum Gasteiger partial charge on any atom is 0.244 e. The third-order valence-electron chi connectivity index (χ3n) is 6.29. The molecule has 0 aliphatic heterocycles. The van der Waals surface area contributed by atoms with E-state index in [0.29, 0.717) is 12.2 Å². The van der Waals surface area contributed by atoms with E-state index in [-0.39, 0.29) is 24.8 Å². The second-order valence-corrected chi connectivity index (χ2v) is 12.9. The topological polar surface area (TPSA) is 86.8 Å². The van der Waals surface area contributed by atoms with Crippen molar-refractivity contribution in [2.45, 2.75) is 39.8 Å². The Morgan fingerprint density at radius 1 is 0.897 bits per heavy atom. The van der Waals surface area contributed by atoms with Crippen LogP contribution in [-0.4, -0.2) is 50.5 Å². The first-order valence-corrected chi connectivity index (χ1v) is 15.5. The highest BCUT2D eigenvalue weighted by Crippen LogP contribution is 2.24. The van der Waals surface area contributed by atoms with E-state index in [4.69, 9.17) is 0 Å². The first kappa shape index (κ1) is 30.4. The Hall–Kier alpha value is -3.17. The van der Waals surface area contributed by atoms with E-state index < -0.39 is 28.5 Å². The van der Waals surface area contributed by atoms with Gasteiger partial charge < -0.3 is 10.2 Å². The highest BCUT2D eigenvalue weighted by molar-refractivity contribution is 9.10. The van der Waals surface area contributed by atoms with Gasteiger partial charge in [0.2, 0.25) is 21.8 Å². The number of nitrogens with zero attached hydrogens (tertiary/aromatic N) is 2. The van der Waals surface area contributed by atoms with Gasteiger partial charge in [0.1, 0.15) is 12.6 Å². The van der Waals surface area contributed by atoms with Gasteiger partial charge in [-0.05, 0) is 47.7 Å². The van der Waals surface area contributed by atoms with E-state index in [2.05, 4.69) is 21.2 Å². The second-order valence-electron chi connectivity index (χ2n) is 10.0. The first-order chi connectivity index (χ1) is 18.5. The van der Waals surface area contributed by atoms with Crippen molar-refractivity contribution in [1.82, 2.24) is 10.2 Å². The summed E-state index contributed by atoms with van der Waals surface area (Å²) in [5.41, 5.74) is 2.88. The molecule has 0 spiro atoms. The van der Waals surface area contributed by atoms with Gasteiger partial charge in [-0.2, -0.15) is 0 Å². The van der Waals surface area contributed by atoms with Crippen LogP contribution < -0.4 is 9.62 Å². The minimum atomic E-state index is -3.79. The number of amides is 2. The van der Waals surface area contributed by atoms with Crippen molar-refractivity contribution < 1.29 is 18.0 Å². The Bertz CT molecular complexity index is 1360. The van der Waals surface area contributed by atoms with Crippen molar-refractivity contribution >= 4 is 43.5 Å². The monoisotopic (exact) mass is 613 g/mol.